The second-order valence-corrected chi connectivity index (χ2v) is 13.7. The maximum Gasteiger partial charge on any atom is 0.328 e. The smallest absolute Gasteiger partial charge is 0.328 e. The van der Waals surface area contributed by atoms with Gasteiger partial charge >= 0.3 is 18.0 Å². The summed E-state index contributed by atoms with van der Waals surface area (Å²) in [6.45, 7) is 3.93. The fraction of sp³-hybridized carbons (Fsp3) is 0.410. The van der Waals surface area contributed by atoms with Crippen molar-refractivity contribution in [2.75, 3.05) is 24.9 Å². The number of carboxylic acid groups (broad SMARTS) is 1. The predicted molar refractivity (Wildman–Crippen MR) is 195 cm³/mol. The van der Waals surface area contributed by atoms with E-state index in [0.717, 1.165) is 29.7 Å². The van der Waals surface area contributed by atoms with Gasteiger partial charge in [-0.2, -0.15) is 0 Å². The fourth-order valence-electron chi connectivity index (χ4n) is 7.09. The first-order valence-electron chi connectivity index (χ1n) is 17.6. The standard InChI is InChI=1S/C39H47N5O8/c1-25(2)21-31(35(47)42-30(23-34(45)46)27-15-18-32(51-3)33(22-27)52-4)44-36(48)39(19-9-6-10-20-39)43(38(44)50)24-26-13-16-29(17-14-26)41-37(49)40-28-11-7-5-8-12-28/h5,7-8,11-18,22,25,30-31H,6,9-10,19-21,23-24H2,1-4H3,(H,42,47)(H,45,46)(H2,40,41,49). The van der Waals surface area contributed by atoms with Crippen molar-refractivity contribution in [3.63, 3.8) is 0 Å². The molecule has 0 aromatic heterocycles. The minimum atomic E-state index is -1.17. The van der Waals surface area contributed by atoms with Crippen LogP contribution in [-0.4, -0.2) is 70.6 Å². The number of para-hydroxylation sites is 1. The van der Waals surface area contributed by atoms with E-state index in [9.17, 15) is 29.1 Å². The number of hydrogen-bond donors (Lipinski definition) is 4. The number of benzene rings is 3. The summed E-state index contributed by atoms with van der Waals surface area (Å²) in [6.07, 6.45) is 3.12. The van der Waals surface area contributed by atoms with Crippen LogP contribution in [0.1, 0.15) is 76.0 Å². The fourth-order valence-corrected chi connectivity index (χ4v) is 7.09. The molecule has 2 aliphatic rings. The summed E-state index contributed by atoms with van der Waals surface area (Å²) in [4.78, 5) is 70.4. The van der Waals surface area contributed by atoms with Crippen LogP contribution in [0.5, 0.6) is 11.5 Å². The molecule has 1 saturated carbocycles. The Bertz CT molecular complexity index is 1760. The van der Waals surface area contributed by atoms with Gasteiger partial charge in [0.25, 0.3) is 5.91 Å². The number of urea groups is 2. The van der Waals surface area contributed by atoms with Crippen LogP contribution >= 0.6 is 0 Å². The Balaban J connectivity index is 1.39. The van der Waals surface area contributed by atoms with Crippen molar-refractivity contribution in [2.24, 2.45) is 5.92 Å². The minimum Gasteiger partial charge on any atom is -0.493 e. The predicted octanol–water partition coefficient (Wildman–Crippen LogP) is 6.56. The molecule has 276 valence electrons. The van der Waals surface area contributed by atoms with E-state index in [4.69, 9.17) is 9.47 Å². The number of ether oxygens (including phenoxy) is 2. The van der Waals surface area contributed by atoms with Gasteiger partial charge in [-0.1, -0.05) is 69.5 Å². The molecule has 2 atom stereocenters. The quantitative estimate of drug-likeness (QED) is 0.136. The first-order chi connectivity index (χ1) is 24.9. The zero-order valence-electron chi connectivity index (χ0n) is 30.0. The highest BCUT2D eigenvalue weighted by atomic mass is 16.5. The Morgan fingerprint density at radius 3 is 2.08 bits per heavy atom. The number of rotatable bonds is 14. The molecule has 6 amide bonds. The van der Waals surface area contributed by atoms with Gasteiger partial charge in [0.05, 0.1) is 26.7 Å². The third kappa shape index (κ3) is 8.47. The highest BCUT2D eigenvalue weighted by molar-refractivity contribution is 6.10. The van der Waals surface area contributed by atoms with E-state index in [1.165, 1.54) is 14.2 Å². The second kappa shape index (κ2) is 16.6. The summed E-state index contributed by atoms with van der Waals surface area (Å²) in [6, 6.07) is 17.9. The molecule has 3 aromatic carbocycles. The molecule has 1 aliphatic carbocycles. The first-order valence-corrected chi connectivity index (χ1v) is 17.6. The average Bonchev–Trinajstić information content (AvgIpc) is 3.31. The van der Waals surface area contributed by atoms with Crippen molar-refractivity contribution < 1.29 is 38.6 Å². The van der Waals surface area contributed by atoms with Crippen LogP contribution in [0.2, 0.25) is 0 Å². The average molecular weight is 714 g/mol. The number of carbonyl (C=O) groups is 5. The monoisotopic (exact) mass is 713 g/mol. The highest BCUT2D eigenvalue weighted by Gasteiger charge is 2.59. The number of imide groups is 1. The molecule has 1 heterocycles. The van der Waals surface area contributed by atoms with Crippen LogP contribution in [0.4, 0.5) is 21.0 Å². The SMILES string of the molecule is COc1ccc(C(CC(=O)O)NC(=O)C(CC(C)C)N2C(=O)N(Cc3ccc(NC(=O)Nc4ccccc4)cc3)C3(CCCCC3)C2=O)cc1OC. The lowest BCUT2D eigenvalue weighted by Crippen LogP contribution is -2.53. The molecule has 1 saturated heterocycles. The molecule has 13 heteroatoms. The number of amides is 6. The van der Waals surface area contributed by atoms with Crippen molar-refractivity contribution >= 4 is 41.2 Å². The molecule has 13 nitrogen and oxygen atoms in total. The molecule has 0 bridgehead atoms. The van der Waals surface area contributed by atoms with Crippen LogP contribution < -0.4 is 25.4 Å². The molecular formula is C39H47N5O8. The van der Waals surface area contributed by atoms with Gasteiger partial charge in [0, 0.05) is 17.9 Å². The number of carbonyl (C=O) groups excluding carboxylic acids is 4. The van der Waals surface area contributed by atoms with Gasteiger partial charge in [0.2, 0.25) is 5.91 Å². The minimum absolute atomic E-state index is 0.0779. The molecule has 5 rings (SSSR count). The van der Waals surface area contributed by atoms with Crippen LogP contribution in [0.3, 0.4) is 0 Å². The van der Waals surface area contributed by atoms with Crippen LogP contribution in [0.15, 0.2) is 72.8 Å². The van der Waals surface area contributed by atoms with Crippen molar-refractivity contribution in [3.05, 3.63) is 83.9 Å². The molecule has 2 fully saturated rings. The molecule has 3 aromatic rings. The van der Waals surface area contributed by atoms with Gasteiger partial charge in [-0.15, -0.1) is 0 Å². The van der Waals surface area contributed by atoms with Gasteiger partial charge < -0.3 is 35.4 Å². The van der Waals surface area contributed by atoms with E-state index in [1.807, 2.05) is 32.0 Å². The Labute approximate surface area is 303 Å². The summed E-state index contributed by atoms with van der Waals surface area (Å²) >= 11 is 0. The van der Waals surface area contributed by atoms with Crippen molar-refractivity contribution in [3.8, 4) is 11.5 Å². The van der Waals surface area contributed by atoms with Crippen molar-refractivity contribution in [1.82, 2.24) is 15.1 Å². The Hall–Kier alpha value is -5.59. The molecule has 2 unspecified atom stereocenters. The van der Waals surface area contributed by atoms with Gasteiger partial charge in [-0.05, 0) is 72.7 Å². The first kappa shape index (κ1) is 37.7. The number of methoxy groups -OCH3 is 2. The Morgan fingerprint density at radius 2 is 1.48 bits per heavy atom. The molecule has 52 heavy (non-hydrogen) atoms. The van der Waals surface area contributed by atoms with Gasteiger partial charge in [-0.3, -0.25) is 14.4 Å². The molecular weight excluding hydrogens is 666 g/mol. The van der Waals surface area contributed by atoms with Crippen LogP contribution in [0, 0.1) is 5.92 Å². The topological polar surface area (TPSA) is 167 Å². The highest BCUT2D eigenvalue weighted by Crippen LogP contribution is 2.43. The number of carboxylic acids is 1. The lowest BCUT2D eigenvalue weighted by molar-refractivity contribution is -0.142. The number of anilines is 2. The van der Waals surface area contributed by atoms with Crippen LogP contribution in [-0.2, 0) is 20.9 Å². The number of nitrogens with zero attached hydrogens (tertiary/aromatic N) is 2. The Morgan fingerprint density at radius 1 is 0.846 bits per heavy atom. The lowest BCUT2D eigenvalue weighted by Gasteiger charge is -2.38. The summed E-state index contributed by atoms with van der Waals surface area (Å²) < 4.78 is 10.7. The van der Waals surface area contributed by atoms with Gasteiger partial charge in [0.1, 0.15) is 11.6 Å². The third-order valence-electron chi connectivity index (χ3n) is 9.65. The van der Waals surface area contributed by atoms with Gasteiger partial charge in [-0.25, -0.2) is 14.5 Å². The number of nitrogens with one attached hydrogen (secondary N) is 3. The van der Waals surface area contributed by atoms with Crippen molar-refractivity contribution in [1.29, 1.82) is 0 Å². The second-order valence-electron chi connectivity index (χ2n) is 13.7. The van der Waals surface area contributed by atoms with E-state index >= 15 is 0 Å². The molecule has 4 N–H and O–H groups in total. The molecule has 1 spiro atoms. The van der Waals surface area contributed by atoms with Gasteiger partial charge in [0.15, 0.2) is 11.5 Å². The Kier molecular flexibility index (Phi) is 12.0. The van der Waals surface area contributed by atoms with E-state index in [1.54, 1.807) is 59.5 Å². The maximum absolute atomic E-state index is 14.5. The van der Waals surface area contributed by atoms with E-state index < -0.39 is 53.9 Å². The largest absolute Gasteiger partial charge is 0.493 e. The van der Waals surface area contributed by atoms with E-state index in [0.29, 0.717) is 41.3 Å². The molecule has 1 aliphatic heterocycles. The maximum atomic E-state index is 14.5. The number of aliphatic carboxylic acids is 1. The normalized spacial score (nSPS) is 16.4. The summed E-state index contributed by atoms with van der Waals surface area (Å²) in [5.41, 5.74) is 1.31. The summed E-state index contributed by atoms with van der Waals surface area (Å²) in [5.74, 6) is -1.44. The van der Waals surface area contributed by atoms with Crippen LogP contribution in [0.25, 0.3) is 0 Å². The number of hydrogen-bond acceptors (Lipinski definition) is 7. The van der Waals surface area contributed by atoms with E-state index in [-0.39, 0.29) is 18.9 Å². The lowest BCUT2D eigenvalue weighted by atomic mass is 9.80. The van der Waals surface area contributed by atoms with Crippen molar-refractivity contribution in [2.45, 2.75) is 83.0 Å². The zero-order valence-corrected chi connectivity index (χ0v) is 30.0. The zero-order chi connectivity index (χ0) is 37.4. The van der Waals surface area contributed by atoms with E-state index in [2.05, 4.69) is 16.0 Å². The molecule has 0 radical (unpaired) electrons. The summed E-state index contributed by atoms with van der Waals surface area (Å²) in [7, 11) is 2.94. The third-order valence-corrected chi connectivity index (χ3v) is 9.65. The summed E-state index contributed by atoms with van der Waals surface area (Å²) in [5, 5.41) is 18.2.